The maximum Gasteiger partial charge on any atom is 0.227 e. The second kappa shape index (κ2) is 8.55. The number of hydrogen-bond acceptors (Lipinski definition) is 3. The molecule has 0 unspecified atom stereocenters. The Bertz CT molecular complexity index is 957. The number of nitrogens with one attached hydrogen (secondary N) is 1. The molecule has 0 atom stereocenters. The number of carbonyl (C=O) groups is 1. The minimum atomic E-state index is -3.78. The fourth-order valence-electron chi connectivity index (χ4n) is 3.14. The number of benzene rings is 2. The topological polar surface area (TPSA) is 66.5 Å². The molecule has 0 bridgehead atoms. The van der Waals surface area contributed by atoms with E-state index < -0.39 is 33.3 Å². The number of nitrogens with zero attached hydrogens (tertiary/aromatic N) is 1. The van der Waals surface area contributed by atoms with Crippen molar-refractivity contribution in [1.82, 2.24) is 4.31 Å². The zero-order valence-corrected chi connectivity index (χ0v) is 16.4. The van der Waals surface area contributed by atoms with Crippen molar-refractivity contribution < 1.29 is 22.0 Å². The zero-order valence-electron chi connectivity index (χ0n) is 14.9. The summed E-state index contributed by atoms with van der Waals surface area (Å²) in [6, 6.07) is 9.86. The highest BCUT2D eigenvalue weighted by molar-refractivity contribution is 7.88. The molecular weight excluding hydrogens is 410 g/mol. The summed E-state index contributed by atoms with van der Waals surface area (Å²) in [6.07, 6.45) is 0.592. The molecule has 2 aromatic rings. The lowest BCUT2D eigenvalue weighted by Crippen LogP contribution is -2.42. The van der Waals surface area contributed by atoms with E-state index in [9.17, 15) is 22.0 Å². The van der Waals surface area contributed by atoms with Crippen LogP contribution < -0.4 is 5.32 Å². The molecule has 28 heavy (non-hydrogen) atoms. The average molecular weight is 429 g/mol. The number of piperidine rings is 1. The normalized spacial score (nSPS) is 16.1. The van der Waals surface area contributed by atoms with Crippen LogP contribution in [-0.4, -0.2) is 31.7 Å². The number of anilines is 1. The molecule has 0 aromatic heterocycles. The van der Waals surface area contributed by atoms with Crippen LogP contribution in [0.15, 0.2) is 42.5 Å². The first-order valence-electron chi connectivity index (χ1n) is 8.74. The number of hydrogen-bond donors (Lipinski definition) is 1. The van der Waals surface area contributed by atoms with Crippen molar-refractivity contribution in [2.75, 3.05) is 18.4 Å². The van der Waals surface area contributed by atoms with Gasteiger partial charge in [-0.05, 0) is 37.1 Å². The molecule has 150 valence electrons. The van der Waals surface area contributed by atoms with Gasteiger partial charge in [0.2, 0.25) is 15.9 Å². The van der Waals surface area contributed by atoms with E-state index in [4.69, 9.17) is 11.6 Å². The van der Waals surface area contributed by atoms with Crippen molar-refractivity contribution in [3.8, 4) is 0 Å². The molecule has 0 spiro atoms. The molecular formula is C19H19ClF2N2O3S. The van der Waals surface area contributed by atoms with E-state index in [2.05, 4.69) is 5.32 Å². The van der Waals surface area contributed by atoms with Crippen LogP contribution in [0.4, 0.5) is 14.5 Å². The maximum atomic E-state index is 13.9. The third-order valence-electron chi connectivity index (χ3n) is 4.74. The molecule has 1 saturated heterocycles. The smallest absolute Gasteiger partial charge is 0.227 e. The Labute approximate surface area is 167 Å². The van der Waals surface area contributed by atoms with E-state index in [1.807, 2.05) is 0 Å². The van der Waals surface area contributed by atoms with Gasteiger partial charge in [0.15, 0.2) is 0 Å². The fourth-order valence-corrected chi connectivity index (χ4v) is 5.05. The van der Waals surface area contributed by atoms with Gasteiger partial charge in [-0.2, -0.15) is 0 Å². The monoisotopic (exact) mass is 428 g/mol. The lowest BCUT2D eigenvalue weighted by molar-refractivity contribution is -0.120. The number of amides is 1. The highest BCUT2D eigenvalue weighted by Gasteiger charge is 2.32. The SMILES string of the molecule is O=C(Nc1ccccc1F)C1CCN(S(=O)(=O)Cc2c(F)cccc2Cl)CC1. The lowest BCUT2D eigenvalue weighted by atomic mass is 9.97. The number of carbonyl (C=O) groups excluding carboxylic acids is 1. The van der Waals surface area contributed by atoms with E-state index in [1.54, 1.807) is 6.07 Å². The van der Waals surface area contributed by atoms with Gasteiger partial charge in [-0.25, -0.2) is 21.5 Å². The van der Waals surface area contributed by atoms with Gasteiger partial charge in [0.05, 0.1) is 11.4 Å². The summed E-state index contributed by atoms with van der Waals surface area (Å²) in [5.74, 6) is -2.51. The summed E-state index contributed by atoms with van der Waals surface area (Å²) in [6.45, 7) is 0.257. The lowest BCUT2D eigenvalue weighted by Gasteiger charge is -2.30. The zero-order chi connectivity index (χ0) is 20.3. The van der Waals surface area contributed by atoms with Crippen molar-refractivity contribution in [3.05, 3.63) is 64.7 Å². The Morgan fingerprint density at radius 3 is 2.36 bits per heavy atom. The summed E-state index contributed by atoms with van der Waals surface area (Å²) in [4.78, 5) is 12.3. The Morgan fingerprint density at radius 1 is 1.07 bits per heavy atom. The second-order valence-electron chi connectivity index (χ2n) is 6.60. The van der Waals surface area contributed by atoms with E-state index in [-0.39, 0.29) is 35.3 Å². The van der Waals surface area contributed by atoms with Gasteiger partial charge < -0.3 is 5.32 Å². The van der Waals surface area contributed by atoms with Crippen LogP contribution in [-0.2, 0) is 20.6 Å². The van der Waals surface area contributed by atoms with Crippen LogP contribution in [0.5, 0.6) is 0 Å². The summed E-state index contributed by atoms with van der Waals surface area (Å²) >= 11 is 5.92. The molecule has 0 radical (unpaired) electrons. The summed E-state index contributed by atoms with van der Waals surface area (Å²) in [5, 5.41) is 2.60. The fraction of sp³-hybridized carbons (Fsp3) is 0.316. The summed E-state index contributed by atoms with van der Waals surface area (Å²) in [7, 11) is -3.78. The van der Waals surface area contributed by atoms with Crippen LogP contribution in [0.3, 0.4) is 0 Å². The first-order chi connectivity index (χ1) is 13.3. The molecule has 1 amide bonds. The number of sulfonamides is 1. The molecule has 1 fully saturated rings. The predicted octanol–water partition coefficient (Wildman–Crippen LogP) is 3.80. The Balaban J connectivity index is 1.61. The van der Waals surface area contributed by atoms with E-state index in [0.717, 1.165) is 6.07 Å². The quantitative estimate of drug-likeness (QED) is 0.787. The number of rotatable bonds is 5. The van der Waals surface area contributed by atoms with Crippen LogP contribution in [0.1, 0.15) is 18.4 Å². The van der Waals surface area contributed by atoms with E-state index in [1.165, 1.54) is 34.6 Å². The predicted molar refractivity (Wildman–Crippen MR) is 103 cm³/mol. The van der Waals surface area contributed by atoms with Gasteiger partial charge in [0.1, 0.15) is 11.6 Å². The van der Waals surface area contributed by atoms with Gasteiger partial charge in [-0.1, -0.05) is 29.8 Å². The van der Waals surface area contributed by atoms with E-state index >= 15 is 0 Å². The third-order valence-corrected chi connectivity index (χ3v) is 6.90. The Kier molecular flexibility index (Phi) is 6.32. The Hall–Kier alpha value is -2.03. The van der Waals surface area contributed by atoms with Crippen LogP contribution in [0.2, 0.25) is 5.02 Å². The molecule has 0 saturated carbocycles. The maximum absolute atomic E-state index is 13.9. The largest absolute Gasteiger partial charge is 0.323 e. The number of para-hydroxylation sites is 1. The van der Waals surface area contributed by atoms with Gasteiger partial charge >= 0.3 is 0 Å². The first-order valence-corrected chi connectivity index (χ1v) is 10.7. The van der Waals surface area contributed by atoms with Crippen molar-refractivity contribution >= 4 is 33.2 Å². The van der Waals surface area contributed by atoms with Gasteiger partial charge in [-0.3, -0.25) is 4.79 Å². The first kappa shape index (κ1) is 20.7. The third kappa shape index (κ3) is 4.68. The molecule has 3 rings (SSSR count). The van der Waals surface area contributed by atoms with Crippen molar-refractivity contribution in [2.45, 2.75) is 18.6 Å². The summed E-state index contributed by atoms with van der Waals surface area (Å²) in [5.41, 5.74) is 0.0281. The molecule has 1 N–H and O–H groups in total. The molecule has 2 aromatic carbocycles. The van der Waals surface area contributed by atoms with Gasteiger partial charge in [-0.15, -0.1) is 0 Å². The van der Waals surface area contributed by atoms with Crippen molar-refractivity contribution in [1.29, 1.82) is 0 Å². The molecule has 1 aliphatic rings. The average Bonchev–Trinajstić information content (AvgIpc) is 2.67. The minimum absolute atomic E-state index is 0.0581. The molecule has 1 heterocycles. The second-order valence-corrected chi connectivity index (χ2v) is 8.97. The van der Waals surface area contributed by atoms with Crippen LogP contribution in [0, 0.1) is 17.6 Å². The molecule has 0 aliphatic carbocycles. The minimum Gasteiger partial charge on any atom is -0.323 e. The molecule has 1 aliphatic heterocycles. The standard InChI is InChI=1S/C19H19ClF2N2O3S/c20-15-4-3-6-16(21)14(15)12-28(26,27)24-10-8-13(9-11-24)19(25)23-18-7-2-1-5-17(18)22/h1-7,13H,8-12H2,(H,23,25). The van der Waals surface area contributed by atoms with Gasteiger partial charge in [0, 0.05) is 29.6 Å². The molecule has 9 heteroatoms. The van der Waals surface area contributed by atoms with Crippen LogP contribution in [0.25, 0.3) is 0 Å². The highest BCUT2D eigenvalue weighted by Crippen LogP contribution is 2.26. The Morgan fingerprint density at radius 2 is 1.71 bits per heavy atom. The molecule has 5 nitrogen and oxygen atoms in total. The van der Waals surface area contributed by atoms with E-state index in [0.29, 0.717) is 12.8 Å². The summed E-state index contributed by atoms with van der Waals surface area (Å²) < 4.78 is 54.1. The van der Waals surface area contributed by atoms with Crippen molar-refractivity contribution in [3.63, 3.8) is 0 Å². The van der Waals surface area contributed by atoms with Gasteiger partial charge in [0.25, 0.3) is 0 Å². The number of halogens is 3. The van der Waals surface area contributed by atoms with Crippen LogP contribution >= 0.6 is 11.6 Å². The van der Waals surface area contributed by atoms with Crippen molar-refractivity contribution in [2.24, 2.45) is 5.92 Å². The highest BCUT2D eigenvalue weighted by atomic mass is 35.5.